The van der Waals surface area contributed by atoms with Gasteiger partial charge in [-0.05, 0) is 62.4 Å². The summed E-state index contributed by atoms with van der Waals surface area (Å²) in [5.41, 5.74) is 1.46. The second kappa shape index (κ2) is 6.05. The van der Waals surface area contributed by atoms with E-state index in [9.17, 15) is 17.6 Å². The standard InChI is InChI=1S/C16H16FNO3S2/c1-10(19)15-13-4-2-3-5-14(13)22-16(15)18-23(20,21)12-8-6-11(17)7-9-12/h6-9,18H,2-5H2,1H3. The van der Waals surface area contributed by atoms with Gasteiger partial charge in [0.25, 0.3) is 10.0 Å². The molecule has 3 rings (SSSR count). The quantitative estimate of drug-likeness (QED) is 0.851. The van der Waals surface area contributed by atoms with Crippen molar-refractivity contribution < 1.29 is 17.6 Å². The van der Waals surface area contributed by atoms with E-state index in [4.69, 9.17) is 0 Å². The molecule has 1 aliphatic carbocycles. The molecular weight excluding hydrogens is 337 g/mol. The lowest BCUT2D eigenvalue weighted by Crippen LogP contribution is -2.14. The summed E-state index contributed by atoms with van der Waals surface area (Å²) in [5.74, 6) is -0.638. The van der Waals surface area contributed by atoms with Crippen LogP contribution in [0.15, 0.2) is 29.2 Å². The zero-order valence-electron chi connectivity index (χ0n) is 12.6. The topological polar surface area (TPSA) is 63.2 Å². The van der Waals surface area contributed by atoms with Crippen molar-refractivity contribution in [1.82, 2.24) is 0 Å². The number of fused-ring (bicyclic) bond motifs is 1. The van der Waals surface area contributed by atoms with Crippen LogP contribution < -0.4 is 4.72 Å². The van der Waals surface area contributed by atoms with Crippen LogP contribution in [-0.2, 0) is 22.9 Å². The van der Waals surface area contributed by atoms with Crippen LogP contribution in [0.4, 0.5) is 9.39 Å². The highest BCUT2D eigenvalue weighted by atomic mass is 32.2. The molecule has 1 heterocycles. The van der Waals surface area contributed by atoms with Crippen LogP contribution in [0.25, 0.3) is 0 Å². The van der Waals surface area contributed by atoms with Gasteiger partial charge in [-0.2, -0.15) is 0 Å². The third kappa shape index (κ3) is 3.16. The molecule has 2 aromatic rings. The minimum absolute atomic E-state index is 0.0280. The first kappa shape index (κ1) is 16.1. The second-order valence-electron chi connectivity index (χ2n) is 5.53. The van der Waals surface area contributed by atoms with Gasteiger partial charge in [0.1, 0.15) is 10.8 Å². The van der Waals surface area contributed by atoms with Crippen molar-refractivity contribution >= 4 is 32.1 Å². The Kier molecular flexibility index (Phi) is 4.25. The number of hydrogen-bond acceptors (Lipinski definition) is 4. The van der Waals surface area contributed by atoms with E-state index in [1.54, 1.807) is 0 Å². The molecule has 1 N–H and O–H groups in total. The molecule has 1 aromatic carbocycles. The van der Waals surface area contributed by atoms with Gasteiger partial charge in [0.05, 0.1) is 10.5 Å². The summed E-state index contributed by atoms with van der Waals surface area (Å²) in [5, 5.41) is 0.369. The lowest BCUT2D eigenvalue weighted by Gasteiger charge is -2.11. The van der Waals surface area contributed by atoms with Gasteiger partial charge in [0.2, 0.25) is 0 Å². The van der Waals surface area contributed by atoms with E-state index in [-0.39, 0.29) is 10.7 Å². The minimum atomic E-state index is -3.84. The van der Waals surface area contributed by atoms with Gasteiger partial charge in [0.15, 0.2) is 5.78 Å². The summed E-state index contributed by atoms with van der Waals surface area (Å²) in [6.07, 6.45) is 3.74. The van der Waals surface area contributed by atoms with E-state index in [0.29, 0.717) is 10.6 Å². The highest BCUT2D eigenvalue weighted by molar-refractivity contribution is 7.93. The first-order valence-corrected chi connectivity index (χ1v) is 9.62. The van der Waals surface area contributed by atoms with Crippen LogP contribution in [0, 0.1) is 5.82 Å². The predicted octanol–water partition coefficient (Wildman–Crippen LogP) is 3.77. The second-order valence-corrected chi connectivity index (χ2v) is 8.32. The molecule has 0 fully saturated rings. The molecule has 0 unspecified atom stereocenters. The van der Waals surface area contributed by atoms with Crippen molar-refractivity contribution in [2.24, 2.45) is 0 Å². The van der Waals surface area contributed by atoms with Crippen LogP contribution in [0.2, 0.25) is 0 Å². The molecule has 0 saturated carbocycles. The average molecular weight is 353 g/mol. The van der Waals surface area contributed by atoms with Crippen LogP contribution in [-0.4, -0.2) is 14.2 Å². The Morgan fingerprint density at radius 2 is 1.83 bits per heavy atom. The minimum Gasteiger partial charge on any atom is -0.294 e. The number of aryl methyl sites for hydroxylation is 1. The number of carbonyl (C=O) groups is 1. The lowest BCUT2D eigenvalue weighted by molar-refractivity contribution is 0.101. The highest BCUT2D eigenvalue weighted by Gasteiger charge is 2.26. The van der Waals surface area contributed by atoms with Crippen LogP contribution in [0.1, 0.15) is 40.6 Å². The Bertz CT molecular complexity index is 854. The Morgan fingerprint density at radius 3 is 2.48 bits per heavy atom. The van der Waals surface area contributed by atoms with E-state index >= 15 is 0 Å². The van der Waals surface area contributed by atoms with E-state index in [1.807, 2.05) is 0 Å². The van der Waals surface area contributed by atoms with Gasteiger partial charge in [-0.15, -0.1) is 11.3 Å². The van der Waals surface area contributed by atoms with Gasteiger partial charge in [-0.3, -0.25) is 9.52 Å². The summed E-state index contributed by atoms with van der Waals surface area (Å²) in [6.45, 7) is 1.45. The van der Waals surface area contributed by atoms with Crippen molar-refractivity contribution in [2.75, 3.05) is 4.72 Å². The third-order valence-electron chi connectivity index (χ3n) is 3.87. The molecule has 1 aliphatic rings. The summed E-state index contributed by atoms with van der Waals surface area (Å²) in [6, 6.07) is 4.61. The van der Waals surface area contributed by atoms with Crippen molar-refractivity contribution in [3.63, 3.8) is 0 Å². The largest absolute Gasteiger partial charge is 0.294 e. The number of thiophene rings is 1. The lowest BCUT2D eigenvalue weighted by atomic mass is 9.94. The van der Waals surface area contributed by atoms with E-state index in [0.717, 1.165) is 48.3 Å². The molecule has 122 valence electrons. The van der Waals surface area contributed by atoms with Gasteiger partial charge in [-0.25, -0.2) is 12.8 Å². The van der Waals surface area contributed by atoms with Gasteiger partial charge < -0.3 is 0 Å². The molecule has 0 radical (unpaired) electrons. The molecule has 23 heavy (non-hydrogen) atoms. The number of hydrogen-bond donors (Lipinski definition) is 1. The van der Waals surface area contributed by atoms with Crippen LogP contribution in [0.5, 0.6) is 0 Å². The highest BCUT2D eigenvalue weighted by Crippen LogP contribution is 2.39. The number of ketones is 1. The maximum atomic E-state index is 13.0. The Morgan fingerprint density at radius 1 is 1.17 bits per heavy atom. The first-order chi connectivity index (χ1) is 10.9. The fourth-order valence-corrected chi connectivity index (χ4v) is 5.45. The van der Waals surface area contributed by atoms with E-state index in [1.165, 1.54) is 30.4 Å². The fraction of sp³-hybridized carbons (Fsp3) is 0.312. The van der Waals surface area contributed by atoms with Crippen molar-refractivity contribution in [1.29, 1.82) is 0 Å². The number of sulfonamides is 1. The Labute approximate surface area is 138 Å². The summed E-state index contributed by atoms with van der Waals surface area (Å²) < 4.78 is 40.4. The SMILES string of the molecule is CC(=O)c1c(NS(=O)(=O)c2ccc(F)cc2)sc2c1CCCC2. The van der Waals surface area contributed by atoms with E-state index in [2.05, 4.69) is 4.72 Å². The molecule has 0 spiro atoms. The molecule has 0 atom stereocenters. The molecule has 4 nitrogen and oxygen atoms in total. The first-order valence-electron chi connectivity index (χ1n) is 7.32. The normalized spacial score (nSPS) is 14.3. The maximum Gasteiger partial charge on any atom is 0.262 e. The molecule has 0 saturated heterocycles. The number of nitrogens with one attached hydrogen (secondary N) is 1. The zero-order chi connectivity index (χ0) is 16.6. The number of anilines is 1. The maximum absolute atomic E-state index is 13.0. The smallest absolute Gasteiger partial charge is 0.262 e. The number of benzene rings is 1. The monoisotopic (exact) mass is 353 g/mol. The number of Topliss-reactive ketones (excluding diaryl/α,β-unsaturated/α-hetero) is 1. The summed E-state index contributed by atoms with van der Waals surface area (Å²) in [7, 11) is -3.84. The van der Waals surface area contributed by atoms with Crippen LogP contribution >= 0.6 is 11.3 Å². The van der Waals surface area contributed by atoms with Crippen molar-refractivity contribution in [3.05, 3.63) is 46.1 Å². The summed E-state index contributed by atoms with van der Waals surface area (Å²) >= 11 is 1.33. The van der Waals surface area contributed by atoms with Gasteiger partial charge >= 0.3 is 0 Å². The van der Waals surface area contributed by atoms with Gasteiger partial charge in [-0.1, -0.05) is 0 Å². The number of rotatable bonds is 4. The molecule has 1 aromatic heterocycles. The Hall–Kier alpha value is -1.73. The zero-order valence-corrected chi connectivity index (χ0v) is 14.2. The summed E-state index contributed by atoms with van der Waals surface area (Å²) in [4.78, 5) is 13.0. The van der Waals surface area contributed by atoms with Crippen molar-refractivity contribution in [2.45, 2.75) is 37.5 Å². The predicted molar refractivity (Wildman–Crippen MR) is 88.2 cm³/mol. The van der Waals surface area contributed by atoms with Gasteiger partial charge in [0, 0.05) is 4.88 Å². The Balaban J connectivity index is 2.01. The van der Waals surface area contributed by atoms with E-state index < -0.39 is 15.8 Å². The number of carbonyl (C=O) groups excluding carboxylic acids is 1. The third-order valence-corrected chi connectivity index (χ3v) is 6.58. The number of halogens is 1. The molecule has 7 heteroatoms. The molecule has 0 bridgehead atoms. The molecule has 0 aliphatic heterocycles. The average Bonchev–Trinajstić information content (AvgIpc) is 2.84. The molecular formula is C16H16FNO3S2. The molecule has 0 amide bonds. The fourth-order valence-electron chi connectivity index (χ4n) is 2.80. The van der Waals surface area contributed by atoms with Crippen LogP contribution in [0.3, 0.4) is 0 Å². The van der Waals surface area contributed by atoms with Crippen molar-refractivity contribution in [3.8, 4) is 0 Å².